The summed E-state index contributed by atoms with van der Waals surface area (Å²) in [5, 5.41) is 6.54. The maximum Gasteiger partial charge on any atom is 0.343 e. The SMILES string of the molecule is O=C(NC(=S)N1CCC[n+]2c(-c3ccccc3)csc21)c1ccccc1. The minimum atomic E-state index is -0.174. The number of anilines is 1. The van der Waals surface area contributed by atoms with Crippen molar-refractivity contribution in [2.45, 2.75) is 13.0 Å². The zero-order chi connectivity index (χ0) is 17.9. The Bertz CT molecular complexity index is 938. The van der Waals surface area contributed by atoms with Gasteiger partial charge in [0, 0.05) is 22.9 Å². The van der Waals surface area contributed by atoms with Crippen molar-refractivity contribution in [3.8, 4) is 11.3 Å². The fourth-order valence-corrected chi connectivity index (χ4v) is 4.53. The van der Waals surface area contributed by atoms with Gasteiger partial charge in [0.1, 0.15) is 5.69 Å². The van der Waals surface area contributed by atoms with Gasteiger partial charge in [-0.05, 0) is 24.4 Å². The summed E-state index contributed by atoms with van der Waals surface area (Å²) in [6.07, 6.45) is 0.982. The Kier molecular flexibility index (Phi) is 4.77. The molecular weight excluding hydrogens is 362 g/mol. The molecule has 2 aromatic carbocycles. The second-order valence-corrected chi connectivity index (χ2v) is 7.27. The van der Waals surface area contributed by atoms with E-state index in [4.69, 9.17) is 12.2 Å². The van der Waals surface area contributed by atoms with Gasteiger partial charge in [-0.2, -0.15) is 4.90 Å². The Balaban J connectivity index is 1.58. The molecule has 0 aliphatic carbocycles. The molecule has 4 rings (SSSR count). The third-order valence-corrected chi connectivity index (χ3v) is 5.68. The topological polar surface area (TPSA) is 36.2 Å². The van der Waals surface area contributed by atoms with E-state index in [-0.39, 0.29) is 5.91 Å². The molecule has 0 radical (unpaired) electrons. The van der Waals surface area contributed by atoms with E-state index in [1.165, 1.54) is 11.3 Å². The van der Waals surface area contributed by atoms with Crippen molar-refractivity contribution in [3.05, 3.63) is 71.6 Å². The molecule has 1 aromatic heterocycles. The molecule has 0 atom stereocenters. The Hall–Kier alpha value is -2.57. The lowest BCUT2D eigenvalue weighted by Crippen LogP contribution is -2.53. The summed E-state index contributed by atoms with van der Waals surface area (Å²) in [4.78, 5) is 14.4. The van der Waals surface area contributed by atoms with Crippen LogP contribution in [0.15, 0.2) is 66.0 Å². The fourth-order valence-electron chi connectivity index (χ4n) is 3.09. The lowest BCUT2D eigenvalue weighted by molar-refractivity contribution is -0.673. The van der Waals surface area contributed by atoms with Gasteiger partial charge in [0.2, 0.25) is 0 Å². The number of carbonyl (C=O) groups excluding carboxylic acids is 1. The van der Waals surface area contributed by atoms with Crippen LogP contribution in [-0.2, 0) is 6.54 Å². The minimum Gasteiger partial charge on any atom is -0.279 e. The molecule has 4 nitrogen and oxygen atoms in total. The number of carbonyl (C=O) groups is 1. The van der Waals surface area contributed by atoms with E-state index >= 15 is 0 Å². The summed E-state index contributed by atoms with van der Waals surface area (Å²) in [5.41, 5.74) is 2.99. The van der Waals surface area contributed by atoms with Crippen LogP contribution in [0.3, 0.4) is 0 Å². The van der Waals surface area contributed by atoms with Crippen LogP contribution in [0.4, 0.5) is 5.13 Å². The van der Waals surface area contributed by atoms with Crippen molar-refractivity contribution in [3.63, 3.8) is 0 Å². The third-order valence-electron chi connectivity index (χ3n) is 4.36. The quantitative estimate of drug-likeness (QED) is 0.545. The van der Waals surface area contributed by atoms with Gasteiger partial charge < -0.3 is 0 Å². The zero-order valence-corrected chi connectivity index (χ0v) is 15.7. The van der Waals surface area contributed by atoms with Crippen LogP contribution in [0.25, 0.3) is 11.3 Å². The number of hydrogen-bond donors (Lipinski definition) is 1. The molecule has 0 unspecified atom stereocenters. The number of rotatable bonds is 2. The first-order valence-electron chi connectivity index (χ1n) is 8.48. The lowest BCUT2D eigenvalue weighted by atomic mass is 10.1. The van der Waals surface area contributed by atoms with Crippen molar-refractivity contribution >= 4 is 39.7 Å². The van der Waals surface area contributed by atoms with Crippen molar-refractivity contribution in [2.24, 2.45) is 0 Å². The first kappa shape index (κ1) is 16.9. The third kappa shape index (κ3) is 3.25. The van der Waals surface area contributed by atoms with Gasteiger partial charge in [0.25, 0.3) is 11.0 Å². The molecule has 1 amide bonds. The summed E-state index contributed by atoms with van der Waals surface area (Å²) < 4.78 is 2.28. The summed E-state index contributed by atoms with van der Waals surface area (Å²) in [5.74, 6) is -0.174. The van der Waals surface area contributed by atoms with E-state index in [2.05, 4.69) is 27.4 Å². The average molecular weight is 381 g/mol. The van der Waals surface area contributed by atoms with Crippen molar-refractivity contribution in [1.29, 1.82) is 0 Å². The Morgan fingerprint density at radius 1 is 1.08 bits per heavy atom. The van der Waals surface area contributed by atoms with Crippen LogP contribution < -0.4 is 14.8 Å². The average Bonchev–Trinajstić information content (AvgIpc) is 3.13. The van der Waals surface area contributed by atoms with E-state index in [0.29, 0.717) is 10.7 Å². The van der Waals surface area contributed by atoms with Crippen molar-refractivity contribution < 1.29 is 9.36 Å². The molecule has 0 saturated carbocycles. The molecule has 26 heavy (non-hydrogen) atoms. The molecule has 2 heterocycles. The predicted octanol–water partition coefficient (Wildman–Crippen LogP) is 3.63. The summed E-state index contributed by atoms with van der Waals surface area (Å²) in [6.45, 7) is 1.76. The Morgan fingerprint density at radius 3 is 2.50 bits per heavy atom. The highest BCUT2D eigenvalue weighted by atomic mass is 32.1. The number of hydrogen-bond acceptors (Lipinski definition) is 3. The minimum absolute atomic E-state index is 0.174. The number of amides is 1. The van der Waals surface area contributed by atoms with Gasteiger partial charge in [-0.3, -0.25) is 10.1 Å². The molecule has 1 aliphatic rings. The Labute approximate surface area is 161 Å². The molecule has 130 valence electrons. The van der Waals surface area contributed by atoms with Gasteiger partial charge in [-0.1, -0.05) is 59.9 Å². The van der Waals surface area contributed by atoms with Gasteiger partial charge in [-0.25, -0.2) is 4.57 Å². The molecule has 0 fully saturated rings. The molecule has 3 aromatic rings. The number of nitrogens with zero attached hydrogens (tertiary/aromatic N) is 2. The second kappa shape index (κ2) is 7.35. The largest absolute Gasteiger partial charge is 0.343 e. The van der Waals surface area contributed by atoms with Gasteiger partial charge in [0.05, 0.1) is 13.1 Å². The van der Waals surface area contributed by atoms with Crippen LogP contribution in [0.5, 0.6) is 0 Å². The van der Waals surface area contributed by atoms with Gasteiger partial charge >= 0.3 is 5.13 Å². The maximum absolute atomic E-state index is 12.4. The first-order chi connectivity index (χ1) is 12.7. The van der Waals surface area contributed by atoms with Crippen molar-refractivity contribution in [2.75, 3.05) is 11.4 Å². The van der Waals surface area contributed by atoms with Crippen LogP contribution in [0.2, 0.25) is 0 Å². The van der Waals surface area contributed by atoms with Crippen LogP contribution >= 0.6 is 23.6 Å². The highest BCUT2D eigenvalue weighted by molar-refractivity contribution is 7.80. The van der Waals surface area contributed by atoms with Crippen LogP contribution in [-0.4, -0.2) is 17.6 Å². The lowest BCUT2D eigenvalue weighted by Gasteiger charge is -2.22. The standard InChI is InChI=1S/C20H17N3OS2/c24-18(16-10-5-2-6-11-16)21-19(25)23-13-7-12-22-17(14-26-20(22)23)15-8-3-1-4-9-15/h1-6,8-11,14H,7,12-13H2/p+1. The molecule has 0 bridgehead atoms. The summed E-state index contributed by atoms with van der Waals surface area (Å²) in [6, 6.07) is 19.5. The number of nitrogens with one attached hydrogen (secondary N) is 1. The smallest absolute Gasteiger partial charge is 0.279 e. The number of aromatic nitrogens is 1. The molecule has 1 aliphatic heterocycles. The number of thiocarbonyl (C=S) groups is 1. The van der Waals surface area contributed by atoms with E-state index in [9.17, 15) is 4.79 Å². The molecule has 0 spiro atoms. The fraction of sp³-hybridized carbons (Fsp3) is 0.150. The van der Waals surface area contributed by atoms with E-state index in [1.807, 2.05) is 41.3 Å². The first-order valence-corrected chi connectivity index (χ1v) is 9.77. The normalized spacial score (nSPS) is 13.2. The number of thiazole rings is 1. The summed E-state index contributed by atoms with van der Waals surface area (Å²) in [7, 11) is 0. The maximum atomic E-state index is 12.4. The Morgan fingerprint density at radius 2 is 1.77 bits per heavy atom. The van der Waals surface area contributed by atoms with E-state index in [1.54, 1.807) is 23.5 Å². The van der Waals surface area contributed by atoms with E-state index < -0.39 is 0 Å². The summed E-state index contributed by atoms with van der Waals surface area (Å²) >= 11 is 7.20. The molecule has 0 saturated heterocycles. The zero-order valence-electron chi connectivity index (χ0n) is 14.1. The predicted molar refractivity (Wildman–Crippen MR) is 108 cm³/mol. The highest BCUT2D eigenvalue weighted by Crippen LogP contribution is 2.28. The number of benzene rings is 2. The number of fused-ring (bicyclic) bond motifs is 1. The van der Waals surface area contributed by atoms with Crippen LogP contribution in [0.1, 0.15) is 16.8 Å². The molecule has 1 N–H and O–H groups in total. The molecule has 6 heteroatoms. The van der Waals surface area contributed by atoms with Crippen LogP contribution in [0, 0.1) is 0 Å². The monoisotopic (exact) mass is 380 g/mol. The van der Waals surface area contributed by atoms with Gasteiger partial charge in [0.15, 0.2) is 0 Å². The molecular formula is C20H18N3OS2+. The van der Waals surface area contributed by atoms with Gasteiger partial charge in [-0.15, -0.1) is 0 Å². The van der Waals surface area contributed by atoms with Crippen molar-refractivity contribution in [1.82, 2.24) is 5.32 Å². The second-order valence-electron chi connectivity index (χ2n) is 6.05. The van der Waals surface area contributed by atoms with E-state index in [0.717, 1.165) is 24.6 Å². The highest BCUT2D eigenvalue weighted by Gasteiger charge is 2.33.